The molecule has 0 nitrogen and oxygen atoms in total. The minimum Gasteiger partial charge on any atom is -0.0836 e. The quantitative estimate of drug-likeness (QED) is 0.473. The highest BCUT2D eigenvalue weighted by molar-refractivity contribution is 5.31. The zero-order valence-electron chi connectivity index (χ0n) is 6.93. The van der Waals surface area contributed by atoms with Crippen LogP contribution in [0.5, 0.6) is 0 Å². The second-order valence-electron chi connectivity index (χ2n) is 3.85. The molecule has 0 saturated heterocycles. The van der Waals surface area contributed by atoms with E-state index in [1.54, 1.807) is 0 Å². The third kappa shape index (κ3) is 0.726. The van der Waals surface area contributed by atoms with Crippen LogP contribution in [-0.2, 0) is 0 Å². The second-order valence-corrected chi connectivity index (χ2v) is 3.85. The summed E-state index contributed by atoms with van der Waals surface area (Å²) in [5, 5.41) is 0. The van der Waals surface area contributed by atoms with Crippen LogP contribution in [0.4, 0.5) is 0 Å². The van der Waals surface area contributed by atoms with E-state index in [9.17, 15) is 0 Å². The van der Waals surface area contributed by atoms with Crippen molar-refractivity contribution in [3.05, 3.63) is 48.6 Å². The lowest BCUT2D eigenvalue weighted by Crippen LogP contribution is -2.33. The minimum absolute atomic E-state index is 0.668. The number of rotatable bonds is 0. The van der Waals surface area contributed by atoms with Gasteiger partial charge < -0.3 is 0 Å². The Kier molecular flexibility index (Phi) is 1.20. The van der Waals surface area contributed by atoms with Gasteiger partial charge >= 0.3 is 0 Å². The number of allylic oxidation sites excluding steroid dienone is 8. The van der Waals surface area contributed by atoms with Gasteiger partial charge in [0.2, 0.25) is 0 Å². The first-order valence-corrected chi connectivity index (χ1v) is 4.67. The molecule has 3 aliphatic carbocycles. The first-order chi connectivity index (χ1) is 5.95. The van der Waals surface area contributed by atoms with E-state index in [-0.39, 0.29) is 0 Å². The number of hydrogen-bond donors (Lipinski definition) is 0. The molecular formula is C12H12. The molecule has 4 atom stereocenters. The average molecular weight is 156 g/mol. The van der Waals surface area contributed by atoms with Crippen molar-refractivity contribution in [2.24, 2.45) is 23.7 Å². The molecule has 3 rings (SSSR count). The summed E-state index contributed by atoms with van der Waals surface area (Å²) in [6, 6.07) is 0. The molecule has 0 heterocycles. The van der Waals surface area contributed by atoms with Crippen LogP contribution in [0.3, 0.4) is 0 Å². The molecule has 60 valence electrons. The van der Waals surface area contributed by atoms with Gasteiger partial charge in [-0.05, 0) is 11.8 Å². The van der Waals surface area contributed by atoms with Gasteiger partial charge in [-0.1, -0.05) is 48.6 Å². The van der Waals surface area contributed by atoms with Crippen molar-refractivity contribution in [3.63, 3.8) is 0 Å². The van der Waals surface area contributed by atoms with Crippen molar-refractivity contribution in [1.82, 2.24) is 0 Å². The monoisotopic (exact) mass is 156 g/mol. The van der Waals surface area contributed by atoms with Crippen molar-refractivity contribution < 1.29 is 0 Å². The highest BCUT2D eigenvalue weighted by atomic mass is 14.4. The molecule has 0 amide bonds. The van der Waals surface area contributed by atoms with E-state index in [1.807, 2.05) is 0 Å². The Morgan fingerprint density at radius 2 is 1.00 bits per heavy atom. The van der Waals surface area contributed by atoms with Crippen LogP contribution in [0.25, 0.3) is 0 Å². The predicted octanol–water partition coefficient (Wildman–Crippen LogP) is 2.72. The van der Waals surface area contributed by atoms with Crippen LogP contribution in [0.15, 0.2) is 48.6 Å². The molecular weight excluding hydrogens is 144 g/mol. The Hall–Kier alpha value is -1.04. The molecule has 12 heavy (non-hydrogen) atoms. The second kappa shape index (κ2) is 2.22. The topological polar surface area (TPSA) is 0 Å². The standard InChI is InChI=1S/C12H12/c1-2-4-10-6-5-9(3-1)11-7-8-12(10)11/h1-12H/b3-1-,4-2-/t9-,10+,11+,12-. The molecule has 0 saturated carbocycles. The maximum absolute atomic E-state index is 2.36. The molecule has 0 aliphatic heterocycles. The SMILES string of the molecule is C1=C[C@H]2[C@@H]1[C@H]1C=C[C@@H]2/C=C\C=C/1. The Labute approximate surface area is 73.0 Å². The van der Waals surface area contributed by atoms with Gasteiger partial charge in [-0.25, -0.2) is 0 Å². The molecule has 0 radical (unpaired) electrons. The Bertz CT molecular complexity index is 274. The van der Waals surface area contributed by atoms with Crippen LogP contribution in [0.2, 0.25) is 0 Å². The summed E-state index contributed by atoms with van der Waals surface area (Å²) >= 11 is 0. The molecule has 0 fully saturated rings. The first kappa shape index (κ1) is 6.47. The zero-order valence-corrected chi connectivity index (χ0v) is 6.93. The molecule has 3 aliphatic rings. The van der Waals surface area contributed by atoms with Gasteiger partial charge in [0.15, 0.2) is 0 Å². The van der Waals surface area contributed by atoms with Gasteiger partial charge in [-0.3, -0.25) is 0 Å². The van der Waals surface area contributed by atoms with Gasteiger partial charge in [0.25, 0.3) is 0 Å². The van der Waals surface area contributed by atoms with Gasteiger partial charge in [0.1, 0.15) is 0 Å². The largest absolute Gasteiger partial charge is 0.0836 e. The highest BCUT2D eigenvalue weighted by Gasteiger charge is 2.36. The summed E-state index contributed by atoms with van der Waals surface area (Å²) in [6.07, 6.45) is 18.4. The molecule has 0 aromatic carbocycles. The Balaban J connectivity index is 2.09. The van der Waals surface area contributed by atoms with Crippen molar-refractivity contribution in [2.75, 3.05) is 0 Å². The molecule has 2 bridgehead atoms. The number of hydrogen-bond acceptors (Lipinski definition) is 0. The third-order valence-electron chi connectivity index (χ3n) is 3.22. The Morgan fingerprint density at radius 1 is 0.500 bits per heavy atom. The fraction of sp³-hybridized carbons (Fsp3) is 0.333. The number of fused-ring (bicyclic) bond motifs is 5. The van der Waals surface area contributed by atoms with Crippen LogP contribution >= 0.6 is 0 Å². The average Bonchev–Trinajstić information content (AvgIpc) is 1.96. The molecule has 0 unspecified atom stereocenters. The maximum atomic E-state index is 2.36. The lowest BCUT2D eigenvalue weighted by molar-refractivity contribution is 0.312. The summed E-state index contributed by atoms with van der Waals surface area (Å²) in [7, 11) is 0. The summed E-state index contributed by atoms with van der Waals surface area (Å²) in [5.41, 5.74) is 0. The third-order valence-corrected chi connectivity index (χ3v) is 3.22. The van der Waals surface area contributed by atoms with E-state index in [4.69, 9.17) is 0 Å². The summed E-state index contributed by atoms with van der Waals surface area (Å²) < 4.78 is 0. The van der Waals surface area contributed by atoms with E-state index in [1.165, 1.54) is 0 Å². The van der Waals surface area contributed by atoms with Crippen molar-refractivity contribution >= 4 is 0 Å². The van der Waals surface area contributed by atoms with E-state index in [0.717, 1.165) is 11.8 Å². The van der Waals surface area contributed by atoms with E-state index < -0.39 is 0 Å². The van der Waals surface area contributed by atoms with Gasteiger partial charge in [0, 0.05) is 11.8 Å². The van der Waals surface area contributed by atoms with Gasteiger partial charge in [-0.15, -0.1) is 0 Å². The lowest BCUT2D eigenvalue weighted by Gasteiger charge is -2.41. The van der Waals surface area contributed by atoms with E-state index >= 15 is 0 Å². The van der Waals surface area contributed by atoms with Crippen LogP contribution in [-0.4, -0.2) is 0 Å². The fourth-order valence-corrected chi connectivity index (χ4v) is 2.42. The van der Waals surface area contributed by atoms with Crippen molar-refractivity contribution in [2.45, 2.75) is 0 Å². The lowest BCUT2D eigenvalue weighted by atomic mass is 9.63. The minimum atomic E-state index is 0.668. The summed E-state index contributed by atoms with van der Waals surface area (Å²) in [6.45, 7) is 0. The van der Waals surface area contributed by atoms with Gasteiger partial charge in [0.05, 0.1) is 0 Å². The highest BCUT2D eigenvalue weighted by Crippen LogP contribution is 2.44. The van der Waals surface area contributed by atoms with Crippen molar-refractivity contribution in [3.8, 4) is 0 Å². The smallest absolute Gasteiger partial charge is 0.00187 e. The van der Waals surface area contributed by atoms with Gasteiger partial charge in [-0.2, -0.15) is 0 Å². The maximum Gasteiger partial charge on any atom is 0.00187 e. The van der Waals surface area contributed by atoms with E-state index in [2.05, 4.69) is 48.6 Å². The first-order valence-electron chi connectivity index (χ1n) is 4.67. The molecule has 0 aromatic heterocycles. The molecule has 0 aromatic rings. The summed E-state index contributed by atoms with van der Waals surface area (Å²) in [4.78, 5) is 0. The summed E-state index contributed by atoms with van der Waals surface area (Å²) in [5.74, 6) is 2.92. The molecule has 0 heteroatoms. The fourth-order valence-electron chi connectivity index (χ4n) is 2.42. The Morgan fingerprint density at radius 3 is 1.42 bits per heavy atom. The predicted molar refractivity (Wildman–Crippen MR) is 50.5 cm³/mol. The normalized spacial score (nSPS) is 52.0. The van der Waals surface area contributed by atoms with E-state index in [0.29, 0.717) is 11.8 Å². The molecule has 0 N–H and O–H groups in total. The van der Waals surface area contributed by atoms with Crippen LogP contribution in [0, 0.1) is 23.7 Å². The van der Waals surface area contributed by atoms with Crippen LogP contribution in [0.1, 0.15) is 0 Å². The molecule has 0 spiro atoms. The zero-order chi connectivity index (χ0) is 7.97. The van der Waals surface area contributed by atoms with Crippen molar-refractivity contribution in [1.29, 1.82) is 0 Å². The van der Waals surface area contributed by atoms with Crippen LogP contribution < -0.4 is 0 Å².